The van der Waals surface area contributed by atoms with Crippen LogP contribution in [-0.4, -0.2) is 35.9 Å². The number of aromatic nitrogens is 1. The summed E-state index contributed by atoms with van der Waals surface area (Å²) in [5.74, 6) is 0.822. The Morgan fingerprint density at radius 2 is 2.04 bits per heavy atom. The van der Waals surface area contributed by atoms with Crippen LogP contribution in [-0.2, 0) is 11.3 Å². The Morgan fingerprint density at radius 1 is 1.21 bits per heavy atom. The van der Waals surface area contributed by atoms with Crippen molar-refractivity contribution in [2.45, 2.75) is 45.8 Å². The number of fused-ring (bicyclic) bond motifs is 1. The quantitative estimate of drug-likeness (QED) is 0.915. The number of hydrogen-bond donors (Lipinski definition) is 1. The van der Waals surface area contributed by atoms with Gasteiger partial charge in [0.1, 0.15) is 0 Å². The van der Waals surface area contributed by atoms with Gasteiger partial charge in [-0.3, -0.25) is 4.98 Å². The van der Waals surface area contributed by atoms with Gasteiger partial charge < -0.3 is 14.7 Å². The predicted molar refractivity (Wildman–Crippen MR) is 96.4 cm³/mol. The first-order valence-electron chi connectivity index (χ1n) is 9.02. The third-order valence-corrected chi connectivity index (χ3v) is 5.29. The average molecular weight is 326 g/mol. The minimum atomic E-state index is 0.0630. The van der Waals surface area contributed by atoms with Crippen molar-refractivity contribution in [3.63, 3.8) is 0 Å². The van der Waals surface area contributed by atoms with Crippen molar-refractivity contribution < 1.29 is 9.84 Å². The number of anilines is 1. The molecule has 24 heavy (non-hydrogen) atoms. The van der Waals surface area contributed by atoms with E-state index in [0.717, 1.165) is 54.4 Å². The van der Waals surface area contributed by atoms with Gasteiger partial charge in [-0.25, -0.2) is 0 Å². The van der Waals surface area contributed by atoms with Gasteiger partial charge in [0.05, 0.1) is 18.2 Å². The molecule has 2 aliphatic rings. The van der Waals surface area contributed by atoms with Crippen LogP contribution in [0.5, 0.6) is 0 Å². The zero-order chi connectivity index (χ0) is 16.7. The number of aliphatic hydroxyl groups is 1. The SMILES string of the molecule is Cc1cc(N2CC[C@H](OCC3CC3)C2)c2cc(C)c(CO)cc2n1. The molecule has 0 bridgehead atoms. The summed E-state index contributed by atoms with van der Waals surface area (Å²) in [5.41, 5.74) is 5.33. The van der Waals surface area contributed by atoms with Crippen LogP contribution in [0, 0.1) is 19.8 Å². The van der Waals surface area contributed by atoms with Crippen molar-refractivity contribution in [2.75, 3.05) is 24.6 Å². The summed E-state index contributed by atoms with van der Waals surface area (Å²) < 4.78 is 6.09. The minimum absolute atomic E-state index is 0.0630. The third-order valence-electron chi connectivity index (χ3n) is 5.29. The number of aryl methyl sites for hydroxylation is 2. The Morgan fingerprint density at radius 3 is 2.79 bits per heavy atom. The fourth-order valence-corrected chi connectivity index (χ4v) is 3.61. The maximum absolute atomic E-state index is 9.52. The highest BCUT2D eigenvalue weighted by molar-refractivity contribution is 5.93. The second-order valence-corrected chi connectivity index (χ2v) is 7.37. The van der Waals surface area contributed by atoms with Gasteiger partial charge in [0.2, 0.25) is 0 Å². The summed E-state index contributed by atoms with van der Waals surface area (Å²) in [7, 11) is 0. The van der Waals surface area contributed by atoms with Crippen LogP contribution in [0.15, 0.2) is 18.2 Å². The Labute approximate surface area is 143 Å². The van der Waals surface area contributed by atoms with Crippen LogP contribution in [0.3, 0.4) is 0 Å². The number of hydrogen-bond acceptors (Lipinski definition) is 4. The maximum Gasteiger partial charge on any atom is 0.0766 e. The molecule has 1 atom stereocenters. The number of benzene rings is 1. The van der Waals surface area contributed by atoms with E-state index in [-0.39, 0.29) is 6.61 Å². The summed E-state index contributed by atoms with van der Waals surface area (Å²) in [6.07, 6.45) is 4.14. The topological polar surface area (TPSA) is 45.6 Å². The van der Waals surface area contributed by atoms with E-state index in [2.05, 4.69) is 28.9 Å². The van der Waals surface area contributed by atoms with Crippen molar-refractivity contribution in [3.8, 4) is 0 Å². The molecule has 1 aromatic heterocycles. The molecule has 1 saturated carbocycles. The minimum Gasteiger partial charge on any atom is -0.392 e. The molecule has 1 aliphatic carbocycles. The summed E-state index contributed by atoms with van der Waals surface area (Å²) >= 11 is 0. The Bertz CT molecular complexity index is 755. The molecular formula is C20H26N2O2. The Kier molecular flexibility index (Phi) is 4.19. The largest absolute Gasteiger partial charge is 0.392 e. The molecule has 0 radical (unpaired) electrons. The van der Waals surface area contributed by atoms with E-state index >= 15 is 0 Å². The molecule has 2 fully saturated rings. The summed E-state index contributed by atoms with van der Waals surface area (Å²) in [6.45, 7) is 7.10. The highest BCUT2D eigenvalue weighted by Crippen LogP contribution is 2.33. The van der Waals surface area contributed by atoms with Crippen LogP contribution in [0.1, 0.15) is 36.1 Å². The van der Waals surface area contributed by atoms with E-state index < -0.39 is 0 Å². The van der Waals surface area contributed by atoms with Gasteiger partial charge in [-0.15, -0.1) is 0 Å². The molecule has 1 N–H and O–H groups in total. The van der Waals surface area contributed by atoms with Crippen molar-refractivity contribution >= 4 is 16.6 Å². The zero-order valence-electron chi connectivity index (χ0n) is 14.6. The number of ether oxygens (including phenoxy) is 1. The number of rotatable bonds is 5. The highest BCUT2D eigenvalue weighted by Gasteiger charge is 2.28. The van der Waals surface area contributed by atoms with Crippen LogP contribution in [0.4, 0.5) is 5.69 Å². The molecule has 4 heteroatoms. The molecule has 1 saturated heterocycles. The van der Waals surface area contributed by atoms with Crippen molar-refractivity contribution in [3.05, 3.63) is 35.0 Å². The standard InChI is InChI=1S/C20H26N2O2/c1-13-7-18-19(9-16(13)11-23)21-14(2)8-20(18)22-6-5-17(10-22)24-12-15-3-4-15/h7-9,15,17,23H,3-6,10-12H2,1-2H3/t17-/m0/s1. The monoisotopic (exact) mass is 326 g/mol. The third kappa shape index (κ3) is 3.13. The van der Waals surface area contributed by atoms with Gasteiger partial charge in [0.25, 0.3) is 0 Å². The molecule has 2 aromatic rings. The summed E-state index contributed by atoms with van der Waals surface area (Å²) in [4.78, 5) is 7.11. The van der Waals surface area contributed by atoms with Gasteiger partial charge in [-0.1, -0.05) is 0 Å². The smallest absolute Gasteiger partial charge is 0.0766 e. The van der Waals surface area contributed by atoms with Crippen LogP contribution in [0.25, 0.3) is 10.9 Å². The van der Waals surface area contributed by atoms with Gasteiger partial charge in [-0.2, -0.15) is 0 Å². The maximum atomic E-state index is 9.52. The van der Waals surface area contributed by atoms with Gasteiger partial charge >= 0.3 is 0 Å². The Balaban J connectivity index is 1.62. The lowest BCUT2D eigenvalue weighted by Crippen LogP contribution is -2.23. The van der Waals surface area contributed by atoms with Crippen molar-refractivity contribution in [2.24, 2.45) is 5.92 Å². The van der Waals surface area contributed by atoms with Crippen molar-refractivity contribution in [1.82, 2.24) is 4.98 Å². The lowest BCUT2D eigenvalue weighted by Gasteiger charge is -2.22. The first kappa shape index (κ1) is 15.9. The van der Waals surface area contributed by atoms with E-state index in [1.54, 1.807) is 0 Å². The predicted octanol–water partition coefficient (Wildman–Crippen LogP) is 3.35. The van der Waals surface area contributed by atoms with Gasteiger partial charge in [0.15, 0.2) is 0 Å². The van der Waals surface area contributed by atoms with Gasteiger partial charge in [0, 0.05) is 36.5 Å². The number of aliphatic hydroxyl groups excluding tert-OH is 1. The average Bonchev–Trinajstić information content (AvgIpc) is 3.28. The molecule has 1 aliphatic heterocycles. The molecule has 0 amide bonds. The highest BCUT2D eigenvalue weighted by atomic mass is 16.5. The molecular weight excluding hydrogens is 300 g/mol. The van der Waals surface area contributed by atoms with E-state index in [1.807, 2.05) is 13.0 Å². The molecule has 4 nitrogen and oxygen atoms in total. The van der Waals surface area contributed by atoms with Crippen LogP contribution < -0.4 is 4.90 Å². The zero-order valence-corrected chi connectivity index (χ0v) is 14.6. The van der Waals surface area contributed by atoms with Gasteiger partial charge in [-0.05, 0) is 68.4 Å². The molecule has 128 valence electrons. The summed E-state index contributed by atoms with van der Waals surface area (Å²) in [5, 5.41) is 10.7. The van der Waals surface area contributed by atoms with Crippen LogP contribution in [0.2, 0.25) is 0 Å². The molecule has 0 spiro atoms. The Hall–Kier alpha value is -1.65. The van der Waals surface area contributed by atoms with E-state index in [9.17, 15) is 5.11 Å². The van der Waals surface area contributed by atoms with E-state index in [0.29, 0.717) is 6.10 Å². The fraction of sp³-hybridized carbons (Fsp3) is 0.550. The second kappa shape index (κ2) is 6.34. The first-order chi connectivity index (χ1) is 11.6. The van der Waals surface area contributed by atoms with E-state index in [1.165, 1.54) is 23.9 Å². The molecule has 4 rings (SSSR count). The number of pyridine rings is 1. The molecule has 0 unspecified atom stereocenters. The lowest BCUT2D eigenvalue weighted by molar-refractivity contribution is 0.0605. The first-order valence-corrected chi connectivity index (χ1v) is 9.02. The van der Waals surface area contributed by atoms with E-state index in [4.69, 9.17) is 4.74 Å². The number of nitrogens with zero attached hydrogens (tertiary/aromatic N) is 2. The second-order valence-electron chi connectivity index (χ2n) is 7.37. The molecule has 2 heterocycles. The summed E-state index contributed by atoms with van der Waals surface area (Å²) in [6, 6.07) is 6.38. The normalized spacial score (nSPS) is 21.0. The lowest BCUT2D eigenvalue weighted by atomic mass is 10.0. The van der Waals surface area contributed by atoms with Crippen molar-refractivity contribution in [1.29, 1.82) is 0 Å². The molecule has 1 aromatic carbocycles. The van der Waals surface area contributed by atoms with Crippen LogP contribution >= 0.6 is 0 Å². The fourth-order valence-electron chi connectivity index (χ4n) is 3.61.